The van der Waals surface area contributed by atoms with Crippen LogP contribution in [0, 0.1) is 11.8 Å². The first-order valence-corrected chi connectivity index (χ1v) is 7.87. The highest BCUT2D eigenvalue weighted by molar-refractivity contribution is 4.96. The van der Waals surface area contributed by atoms with E-state index in [0.29, 0.717) is 5.92 Å². The predicted octanol–water partition coefficient (Wildman–Crippen LogP) is 3.68. The minimum atomic E-state index is -0.166. The highest BCUT2D eigenvalue weighted by Gasteiger charge is 2.41. The molecule has 0 amide bonds. The lowest BCUT2D eigenvalue weighted by Crippen LogP contribution is -2.56. The molecule has 0 heterocycles. The minimum absolute atomic E-state index is 0.0241. The van der Waals surface area contributed by atoms with Gasteiger partial charge in [-0.25, -0.2) is 0 Å². The average Bonchev–Trinajstić information content (AvgIpc) is 2.40. The maximum atomic E-state index is 10.9. The Labute approximate surface area is 114 Å². The summed E-state index contributed by atoms with van der Waals surface area (Å²) in [6.07, 6.45) is 8.27. The zero-order valence-electron chi connectivity index (χ0n) is 13.1. The molecule has 2 heteroatoms. The number of aliphatic hydroxyl groups excluding tert-OH is 1. The van der Waals surface area contributed by atoms with Crippen molar-refractivity contribution in [3.63, 3.8) is 0 Å². The second-order valence-electron chi connectivity index (χ2n) is 6.34. The maximum absolute atomic E-state index is 10.9. The van der Waals surface area contributed by atoms with Crippen LogP contribution in [0.2, 0.25) is 0 Å². The van der Waals surface area contributed by atoms with Gasteiger partial charge >= 0.3 is 0 Å². The zero-order chi connectivity index (χ0) is 13.8. The molecule has 1 atom stereocenters. The van der Waals surface area contributed by atoms with E-state index in [0.717, 1.165) is 18.8 Å². The molecule has 1 aliphatic rings. The maximum Gasteiger partial charge on any atom is 0.0751 e. The Morgan fingerprint density at radius 2 is 1.56 bits per heavy atom. The summed E-state index contributed by atoms with van der Waals surface area (Å²) < 4.78 is 0. The molecule has 0 aromatic heterocycles. The summed E-state index contributed by atoms with van der Waals surface area (Å²) >= 11 is 0. The van der Waals surface area contributed by atoms with E-state index in [9.17, 15) is 5.11 Å². The molecule has 1 fully saturated rings. The van der Waals surface area contributed by atoms with Gasteiger partial charge in [0.25, 0.3) is 0 Å². The van der Waals surface area contributed by atoms with Gasteiger partial charge in [-0.05, 0) is 51.6 Å². The van der Waals surface area contributed by atoms with Crippen molar-refractivity contribution in [2.45, 2.75) is 77.4 Å². The standard InChI is InChI=1S/C16H33NO/c1-6-13-9-11-14(12-10-13)15(18)16(7-2,8-3)17(4)5/h13-15,18H,6-12H2,1-5H3. The van der Waals surface area contributed by atoms with Gasteiger partial charge in [-0.1, -0.05) is 40.0 Å². The largest absolute Gasteiger partial charge is 0.391 e. The third kappa shape index (κ3) is 3.08. The van der Waals surface area contributed by atoms with Crippen molar-refractivity contribution in [3.05, 3.63) is 0 Å². The number of rotatable bonds is 6. The molecule has 0 bridgehead atoms. The van der Waals surface area contributed by atoms with Crippen molar-refractivity contribution in [1.29, 1.82) is 0 Å². The van der Waals surface area contributed by atoms with E-state index in [1.807, 2.05) is 0 Å². The van der Waals surface area contributed by atoms with Crippen molar-refractivity contribution in [2.75, 3.05) is 14.1 Å². The third-order valence-electron chi connectivity index (χ3n) is 5.58. The second-order valence-corrected chi connectivity index (χ2v) is 6.34. The Hall–Kier alpha value is -0.0800. The van der Waals surface area contributed by atoms with E-state index in [1.165, 1.54) is 32.1 Å². The number of likely N-dealkylation sites (N-methyl/N-ethyl adjacent to an activating group) is 1. The molecule has 0 spiro atoms. The van der Waals surface area contributed by atoms with Gasteiger partial charge in [-0.2, -0.15) is 0 Å². The van der Waals surface area contributed by atoms with Crippen LogP contribution in [-0.2, 0) is 0 Å². The van der Waals surface area contributed by atoms with Gasteiger partial charge in [0.2, 0.25) is 0 Å². The molecule has 18 heavy (non-hydrogen) atoms. The van der Waals surface area contributed by atoms with E-state index in [4.69, 9.17) is 0 Å². The van der Waals surface area contributed by atoms with Crippen LogP contribution in [0.25, 0.3) is 0 Å². The summed E-state index contributed by atoms with van der Waals surface area (Å²) in [5.41, 5.74) is -0.0241. The van der Waals surface area contributed by atoms with Gasteiger partial charge in [0.15, 0.2) is 0 Å². The quantitative estimate of drug-likeness (QED) is 0.782. The lowest BCUT2D eigenvalue weighted by Gasteiger charge is -2.47. The topological polar surface area (TPSA) is 23.5 Å². The summed E-state index contributed by atoms with van der Waals surface area (Å²) in [5, 5.41) is 10.9. The summed E-state index contributed by atoms with van der Waals surface area (Å²) in [5.74, 6) is 1.42. The number of hydrogen-bond donors (Lipinski definition) is 1. The Kier molecular flexibility index (Phi) is 6.13. The van der Waals surface area contributed by atoms with Crippen molar-refractivity contribution < 1.29 is 5.11 Å². The second kappa shape index (κ2) is 6.91. The van der Waals surface area contributed by atoms with Crippen LogP contribution in [-0.4, -0.2) is 35.7 Å². The Morgan fingerprint density at radius 3 is 1.89 bits per heavy atom. The number of hydrogen-bond acceptors (Lipinski definition) is 2. The molecule has 1 N–H and O–H groups in total. The van der Waals surface area contributed by atoms with Gasteiger partial charge in [0.1, 0.15) is 0 Å². The summed E-state index contributed by atoms with van der Waals surface area (Å²) in [6, 6.07) is 0. The lowest BCUT2D eigenvalue weighted by atomic mass is 9.71. The Morgan fingerprint density at radius 1 is 1.06 bits per heavy atom. The molecule has 0 radical (unpaired) electrons. The number of nitrogens with zero attached hydrogens (tertiary/aromatic N) is 1. The highest BCUT2D eigenvalue weighted by atomic mass is 16.3. The number of aliphatic hydroxyl groups is 1. The van der Waals surface area contributed by atoms with Gasteiger partial charge < -0.3 is 10.0 Å². The molecule has 0 aliphatic heterocycles. The molecule has 2 nitrogen and oxygen atoms in total. The van der Waals surface area contributed by atoms with Crippen molar-refractivity contribution >= 4 is 0 Å². The smallest absolute Gasteiger partial charge is 0.0751 e. The molecule has 1 saturated carbocycles. The van der Waals surface area contributed by atoms with Crippen molar-refractivity contribution in [3.8, 4) is 0 Å². The summed E-state index contributed by atoms with van der Waals surface area (Å²) in [6.45, 7) is 6.72. The van der Waals surface area contributed by atoms with Crippen molar-refractivity contribution in [2.24, 2.45) is 11.8 Å². The van der Waals surface area contributed by atoms with E-state index in [2.05, 4.69) is 39.8 Å². The van der Waals surface area contributed by atoms with Gasteiger partial charge in [-0.3, -0.25) is 0 Å². The molecule has 0 aromatic rings. The van der Waals surface area contributed by atoms with Gasteiger partial charge in [-0.15, -0.1) is 0 Å². The van der Waals surface area contributed by atoms with E-state index >= 15 is 0 Å². The molecule has 0 saturated heterocycles. The lowest BCUT2D eigenvalue weighted by molar-refractivity contribution is -0.0586. The molecule has 0 aromatic carbocycles. The first-order chi connectivity index (χ1) is 8.51. The first-order valence-electron chi connectivity index (χ1n) is 7.87. The zero-order valence-corrected chi connectivity index (χ0v) is 13.1. The fourth-order valence-electron chi connectivity index (χ4n) is 3.92. The van der Waals surface area contributed by atoms with E-state index in [-0.39, 0.29) is 11.6 Å². The minimum Gasteiger partial charge on any atom is -0.391 e. The molecule has 1 rings (SSSR count). The van der Waals surface area contributed by atoms with Crippen LogP contribution < -0.4 is 0 Å². The third-order valence-corrected chi connectivity index (χ3v) is 5.58. The van der Waals surface area contributed by atoms with Crippen LogP contribution in [0.1, 0.15) is 65.7 Å². The Balaban J connectivity index is 2.70. The molecule has 1 unspecified atom stereocenters. The first kappa shape index (κ1) is 16.0. The summed E-state index contributed by atoms with van der Waals surface area (Å²) in [4.78, 5) is 2.25. The highest BCUT2D eigenvalue weighted by Crippen LogP contribution is 2.38. The predicted molar refractivity (Wildman–Crippen MR) is 78.7 cm³/mol. The summed E-state index contributed by atoms with van der Waals surface area (Å²) in [7, 11) is 4.24. The van der Waals surface area contributed by atoms with Gasteiger partial charge in [0, 0.05) is 5.54 Å². The van der Waals surface area contributed by atoms with Crippen LogP contribution in [0.3, 0.4) is 0 Å². The SMILES string of the molecule is CCC1CCC(C(O)C(CC)(CC)N(C)C)CC1. The van der Waals surface area contributed by atoms with E-state index in [1.54, 1.807) is 0 Å². The van der Waals surface area contributed by atoms with Crippen LogP contribution >= 0.6 is 0 Å². The fourth-order valence-corrected chi connectivity index (χ4v) is 3.92. The van der Waals surface area contributed by atoms with Gasteiger partial charge in [0.05, 0.1) is 6.10 Å². The average molecular weight is 255 g/mol. The molecular weight excluding hydrogens is 222 g/mol. The molecule has 108 valence electrons. The van der Waals surface area contributed by atoms with Crippen molar-refractivity contribution in [1.82, 2.24) is 4.90 Å². The molecular formula is C16H33NO. The normalized spacial score (nSPS) is 27.5. The van der Waals surface area contributed by atoms with Crippen LogP contribution in [0.4, 0.5) is 0 Å². The Bertz CT molecular complexity index is 227. The van der Waals surface area contributed by atoms with E-state index < -0.39 is 0 Å². The van der Waals surface area contributed by atoms with Crippen LogP contribution in [0.5, 0.6) is 0 Å². The fraction of sp³-hybridized carbons (Fsp3) is 1.00. The van der Waals surface area contributed by atoms with Crippen LogP contribution in [0.15, 0.2) is 0 Å². The monoisotopic (exact) mass is 255 g/mol. The molecule has 1 aliphatic carbocycles.